The molecule has 1 heterocycles. The van der Waals surface area contributed by atoms with Gasteiger partial charge in [-0.3, -0.25) is 0 Å². The normalized spacial score (nSPS) is 11.6. The number of hydrogen-bond donors (Lipinski definition) is 0. The molecule has 0 unspecified atom stereocenters. The van der Waals surface area contributed by atoms with Gasteiger partial charge in [0, 0.05) is 11.6 Å². The molecule has 0 radical (unpaired) electrons. The second-order valence-electron chi connectivity index (χ2n) is 3.27. The summed E-state index contributed by atoms with van der Waals surface area (Å²) in [5, 5.41) is 0. The molecule has 1 rings (SSSR count). The van der Waals surface area contributed by atoms with Crippen LogP contribution >= 0.6 is 0 Å². The number of aromatic nitrogens is 1. The van der Waals surface area contributed by atoms with Crippen molar-refractivity contribution in [1.29, 1.82) is 0 Å². The summed E-state index contributed by atoms with van der Waals surface area (Å²) in [7, 11) is 1.75. The zero-order valence-corrected chi connectivity index (χ0v) is 9.72. The predicted octanol–water partition coefficient (Wildman–Crippen LogP) is 2.83. The van der Waals surface area contributed by atoms with E-state index >= 15 is 0 Å². The number of hydrogen-bond acceptors (Lipinski definition) is 4. The third kappa shape index (κ3) is 3.09. The highest BCUT2D eigenvalue weighted by Gasteiger charge is 2.41. The molecule has 0 aromatic carbocycles. The molecule has 0 aliphatic heterocycles. The molecule has 106 valence electrons. The van der Waals surface area contributed by atoms with Crippen LogP contribution in [0.5, 0.6) is 5.88 Å². The lowest BCUT2D eigenvalue weighted by molar-refractivity contribution is -0.142. The third-order valence-corrected chi connectivity index (χ3v) is 2.13. The first-order valence-electron chi connectivity index (χ1n) is 4.75. The minimum absolute atomic E-state index is 0.562. The molecule has 0 aliphatic rings. The summed E-state index contributed by atoms with van der Waals surface area (Å²) in [4.78, 5) is 14.3. The van der Waals surface area contributed by atoms with E-state index in [0.717, 1.165) is 14.2 Å². The fraction of sp³-hybridized carbons (Fsp3) is 0.400. The molecular weight excluding hydrogens is 277 g/mol. The molecule has 0 saturated carbocycles. The van der Waals surface area contributed by atoms with Crippen LogP contribution in [0.15, 0.2) is 6.07 Å². The molecule has 9 heteroatoms. The molecule has 0 amide bonds. The summed E-state index contributed by atoms with van der Waals surface area (Å²) >= 11 is 0. The van der Waals surface area contributed by atoms with Crippen LogP contribution in [-0.2, 0) is 10.9 Å². The molecule has 0 saturated heterocycles. The Balaban J connectivity index is 3.66. The van der Waals surface area contributed by atoms with E-state index in [1.54, 1.807) is 0 Å². The van der Waals surface area contributed by atoms with E-state index < -0.39 is 41.3 Å². The van der Waals surface area contributed by atoms with Crippen LogP contribution in [0.4, 0.5) is 22.0 Å². The van der Waals surface area contributed by atoms with Gasteiger partial charge in [-0.05, 0) is 0 Å². The second kappa shape index (κ2) is 5.37. The zero-order chi connectivity index (χ0) is 14.8. The molecule has 19 heavy (non-hydrogen) atoms. The fourth-order valence-electron chi connectivity index (χ4n) is 1.34. The number of alkyl halides is 5. The van der Waals surface area contributed by atoms with E-state index in [1.807, 2.05) is 0 Å². The Kier molecular flexibility index (Phi) is 4.28. The molecule has 1 aromatic heterocycles. The van der Waals surface area contributed by atoms with E-state index in [9.17, 15) is 26.7 Å². The van der Waals surface area contributed by atoms with Crippen LogP contribution in [0.25, 0.3) is 0 Å². The summed E-state index contributed by atoms with van der Waals surface area (Å²) in [6.07, 6.45) is -8.41. The van der Waals surface area contributed by atoms with Crippen molar-refractivity contribution < 1.29 is 36.2 Å². The second-order valence-corrected chi connectivity index (χ2v) is 3.27. The van der Waals surface area contributed by atoms with Gasteiger partial charge in [-0.2, -0.15) is 13.2 Å². The topological polar surface area (TPSA) is 48.4 Å². The van der Waals surface area contributed by atoms with E-state index in [4.69, 9.17) is 0 Å². The molecule has 1 aromatic rings. The minimum atomic E-state index is -5.10. The van der Waals surface area contributed by atoms with Crippen molar-refractivity contribution in [3.05, 3.63) is 22.9 Å². The maximum atomic E-state index is 12.8. The number of halogens is 5. The van der Waals surface area contributed by atoms with Gasteiger partial charge in [0.25, 0.3) is 6.43 Å². The minimum Gasteiger partial charge on any atom is -0.481 e. The van der Waals surface area contributed by atoms with Gasteiger partial charge in [0.2, 0.25) is 5.88 Å². The zero-order valence-electron chi connectivity index (χ0n) is 9.72. The summed E-state index contributed by atoms with van der Waals surface area (Å²) in [5.74, 6) is -2.21. The van der Waals surface area contributed by atoms with Crippen LogP contribution in [0.3, 0.4) is 0 Å². The van der Waals surface area contributed by atoms with Gasteiger partial charge in [0.15, 0.2) is 5.69 Å². The predicted molar refractivity (Wildman–Crippen MR) is 52.1 cm³/mol. The summed E-state index contributed by atoms with van der Waals surface area (Å²) in [6, 6.07) is 0.562. The Hall–Kier alpha value is -1.93. The number of ether oxygens (including phenoxy) is 2. The van der Waals surface area contributed by atoms with Crippen LogP contribution in [0.2, 0.25) is 0 Å². The van der Waals surface area contributed by atoms with Crippen molar-refractivity contribution >= 4 is 5.97 Å². The lowest BCUT2D eigenvalue weighted by atomic mass is 10.1. The Morgan fingerprint density at radius 3 is 2.26 bits per heavy atom. The van der Waals surface area contributed by atoms with Gasteiger partial charge in [0.05, 0.1) is 19.8 Å². The van der Waals surface area contributed by atoms with Crippen LogP contribution < -0.4 is 4.74 Å². The maximum Gasteiger partial charge on any atom is 0.434 e. The van der Waals surface area contributed by atoms with Gasteiger partial charge >= 0.3 is 12.1 Å². The number of rotatable bonds is 3. The molecule has 0 bridgehead atoms. The number of pyridine rings is 1. The lowest BCUT2D eigenvalue weighted by Gasteiger charge is -2.15. The number of nitrogens with zero attached hydrogens (tertiary/aromatic N) is 1. The SMILES string of the molecule is COC(=O)c1c(C(F)F)cc(OC)nc1C(F)(F)F. The first-order valence-corrected chi connectivity index (χ1v) is 4.75. The van der Waals surface area contributed by atoms with Crippen LogP contribution in [-0.4, -0.2) is 25.2 Å². The van der Waals surface area contributed by atoms with E-state index in [1.165, 1.54) is 0 Å². The van der Waals surface area contributed by atoms with Crippen molar-refractivity contribution in [3.8, 4) is 5.88 Å². The van der Waals surface area contributed by atoms with Crippen molar-refractivity contribution in [2.45, 2.75) is 12.6 Å². The third-order valence-electron chi connectivity index (χ3n) is 2.13. The Labute approximate surface area is 104 Å². The Bertz CT molecular complexity index is 487. The summed E-state index contributed by atoms with van der Waals surface area (Å²) in [6.45, 7) is 0. The van der Waals surface area contributed by atoms with Crippen molar-refractivity contribution in [1.82, 2.24) is 4.98 Å². The van der Waals surface area contributed by atoms with Gasteiger partial charge in [-0.15, -0.1) is 0 Å². The lowest BCUT2D eigenvalue weighted by Crippen LogP contribution is -2.19. The van der Waals surface area contributed by atoms with E-state index in [-0.39, 0.29) is 0 Å². The molecule has 0 fully saturated rings. The van der Waals surface area contributed by atoms with Crippen LogP contribution in [0, 0.1) is 0 Å². The molecule has 0 spiro atoms. The Morgan fingerprint density at radius 1 is 1.32 bits per heavy atom. The highest BCUT2D eigenvalue weighted by molar-refractivity contribution is 5.92. The number of carbonyl (C=O) groups excluding carboxylic acids is 1. The average Bonchev–Trinajstić information content (AvgIpc) is 2.34. The summed E-state index contributed by atoms with van der Waals surface area (Å²) in [5.41, 5.74) is -4.23. The largest absolute Gasteiger partial charge is 0.481 e. The molecule has 4 nitrogen and oxygen atoms in total. The molecular formula is C10H8F5NO3. The van der Waals surface area contributed by atoms with Gasteiger partial charge < -0.3 is 9.47 Å². The number of carbonyl (C=O) groups is 1. The quantitative estimate of drug-likeness (QED) is 0.633. The Morgan fingerprint density at radius 2 is 1.89 bits per heavy atom. The van der Waals surface area contributed by atoms with Gasteiger partial charge in [-0.1, -0.05) is 0 Å². The molecule has 0 aliphatic carbocycles. The first kappa shape index (κ1) is 15.1. The van der Waals surface area contributed by atoms with Gasteiger partial charge in [-0.25, -0.2) is 18.6 Å². The van der Waals surface area contributed by atoms with Crippen molar-refractivity contribution in [2.75, 3.05) is 14.2 Å². The molecule has 0 atom stereocenters. The first-order chi connectivity index (χ1) is 8.72. The van der Waals surface area contributed by atoms with Crippen LogP contribution in [0.1, 0.15) is 28.0 Å². The van der Waals surface area contributed by atoms with E-state index in [2.05, 4.69) is 14.5 Å². The maximum absolute atomic E-state index is 12.8. The fourth-order valence-corrected chi connectivity index (χ4v) is 1.34. The summed E-state index contributed by atoms with van der Waals surface area (Å²) < 4.78 is 72.2. The average molecular weight is 285 g/mol. The smallest absolute Gasteiger partial charge is 0.434 e. The van der Waals surface area contributed by atoms with Gasteiger partial charge in [0.1, 0.15) is 0 Å². The standard InChI is InChI=1S/C10H8F5NO3/c1-18-5-3-4(8(11)12)6(9(17)19-2)7(16-5)10(13,14)15/h3,8H,1-2H3. The number of methoxy groups -OCH3 is 2. The van der Waals surface area contributed by atoms with Crippen molar-refractivity contribution in [3.63, 3.8) is 0 Å². The van der Waals surface area contributed by atoms with Crippen molar-refractivity contribution in [2.24, 2.45) is 0 Å². The number of esters is 1. The molecule has 0 N–H and O–H groups in total. The highest BCUT2D eigenvalue weighted by Crippen LogP contribution is 2.37. The highest BCUT2D eigenvalue weighted by atomic mass is 19.4. The monoisotopic (exact) mass is 285 g/mol. The van der Waals surface area contributed by atoms with E-state index in [0.29, 0.717) is 6.07 Å².